The number of benzene rings is 2. The van der Waals surface area contributed by atoms with E-state index in [9.17, 15) is 5.11 Å². The van der Waals surface area contributed by atoms with Gasteiger partial charge in [0, 0.05) is 30.8 Å². The number of phenolic OH excluding ortho intramolecular Hbond substituents is 1. The molecular formula is C23H32O3. The highest BCUT2D eigenvalue weighted by Gasteiger charge is 2.26. The molecule has 0 aromatic heterocycles. The molecule has 142 valence electrons. The van der Waals surface area contributed by atoms with E-state index in [2.05, 4.69) is 58.0 Å². The maximum atomic E-state index is 10.5. The lowest BCUT2D eigenvalue weighted by molar-refractivity contribution is 0.174. The number of hydrogen-bond donors (Lipinski definition) is 1. The third-order valence-electron chi connectivity index (χ3n) is 5.18. The number of methoxy groups -OCH3 is 2. The van der Waals surface area contributed by atoms with Gasteiger partial charge in [-0.25, -0.2) is 0 Å². The second-order valence-electron chi connectivity index (χ2n) is 7.38. The van der Waals surface area contributed by atoms with E-state index < -0.39 is 0 Å². The molecule has 0 bridgehead atoms. The van der Waals surface area contributed by atoms with Crippen molar-refractivity contribution in [3.8, 4) is 5.75 Å². The van der Waals surface area contributed by atoms with Crippen LogP contribution in [0, 0.1) is 0 Å². The van der Waals surface area contributed by atoms with Crippen molar-refractivity contribution >= 4 is 0 Å². The third kappa shape index (κ3) is 4.28. The largest absolute Gasteiger partial charge is 0.507 e. The highest BCUT2D eigenvalue weighted by Crippen LogP contribution is 2.37. The molecular weight excluding hydrogens is 324 g/mol. The molecule has 0 aliphatic heterocycles. The number of aromatic hydroxyl groups is 1. The average Bonchev–Trinajstić information content (AvgIpc) is 2.64. The molecule has 0 aliphatic rings. The van der Waals surface area contributed by atoms with Crippen LogP contribution in [0.25, 0.3) is 0 Å². The molecule has 0 saturated heterocycles. The van der Waals surface area contributed by atoms with Gasteiger partial charge in [0.15, 0.2) is 0 Å². The standard InChI is InChI=1S/C23H32O3/c1-7-16-9-17(8-2)11-20(10-16)23(3,4)21-12-18(14-25-5)22(24)19(13-21)15-26-6/h9-13,24H,7-8,14-15H2,1-6H3. The quantitative estimate of drug-likeness (QED) is 0.712. The monoisotopic (exact) mass is 356 g/mol. The summed E-state index contributed by atoms with van der Waals surface area (Å²) >= 11 is 0. The Balaban J connectivity index is 2.60. The molecule has 0 saturated carbocycles. The van der Waals surface area contributed by atoms with Crippen molar-refractivity contribution in [1.82, 2.24) is 0 Å². The van der Waals surface area contributed by atoms with Crippen LogP contribution >= 0.6 is 0 Å². The normalized spacial score (nSPS) is 11.8. The lowest BCUT2D eigenvalue weighted by Gasteiger charge is -2.29. The van der Waals surface area contributed by atoms with Crippen LogP contribution in [0.15, 0.2) is 30.3 Å². The van der Waals surface area contributed by atoms with Crippen molar-refractivity contribution in [2.24, 2.45) is 0 Å². The van der Waals surface area contributed by atoms with Crippen molar-refractivity contribution in [3.63, 3.8) is 0 Å². The van der Waals surface area contributed by atoms with Crippen molar-refractivity contribution in [2.45, 2.75) is 59.2 Å². The number of phenols is 1. The molecule has 0 radical (unpaired) electrons. The highest BCUT2D eigenvalue weighted by molar-refractivity contribution is 5.49. The van der Waals surface area contributed by atoms with Gasteiger partial charge in [-0.3, -0.25) is 0 Å². The molecule has 0 fully saturated rings. The van der Waals surface area contributed by atoms with Gasteiger partial charge in [0.2, 0.25) is 0 Å². The first-order valence-corrected chi connectivity index (χ1v) is 9.33. The molecule has 0 heterocycles. The van der Waals surface area contributed by atoms with Crippen molar-refractivity contribution in [3.05, 3.63) is 63.7 Å². The third-order valence-corrected chi connectivity index (χ3v) is 5.18. The van der Waals surface area contributed by atoms with Crippen molar-refractivity contribution in [2.75, 3.05) is 14.2 Å². The summed E-state index contributed by atoms with van der Waals surface area (Å²) in [4.78, 5) is 0. The Morgan fingerprint density at radius 2 is 1.19 bits per heavy atom. The summed E-state index contributed by atoms with van der Waals surface area (Å²) in [6.07, 6.45) is 2.05. The molecule has 3 nitrogen and oxygen atoms in total. The van der Waals surface area contributed by atoms with Gasteiger partial charge in [-0.15, -0.1) is 0 Å². The van der Waals surface area contributed by atoms with E-state index >= 15 is 0 Å². The molecule has 0 amide bonds. The minimum absolute atomic E-state index is 0.187. The Morgan fingerprint density at radius 1 is 0.769 bits per heavy atom. The zero-order valence-electron chi connectivity index (χ0n) is 17.0. The minimum Gasteiger partial charge on any atom is -0.507 e. The summed E-state index contributed by atoms with van der Waals surface area (Å²) in [5, 5.41) is 10.5. The summed E-state index contributed by atoms with van der Waals surface area (Å²) in [5.41, 5.74) is 6.59. The summed E-state index contributed by atoms with van der Waals surface area (Å²) in [6.45, 7) is 9.61. The van der Waals surface area contributed by atoms with E-state index in [1.54, 1.807) is 14.2 Å². The maximum Gasteiger partial charge on any atom is 0.126 e. The van der Waals surface area contributed by atoms with Crippen LogP contribution in [0.5, 0.6) is 5.75 Å². The number of hydrogen-bond acceptors (Lipinski definition) is 3. The van der Waals surface area contributed by atoms with Crippen LogP contribution in [0.3, 0.4) is 0 Å². The lowest BCUT2D eigenvalue weighted by Crippen LogP contribution is -2.20. The first-order chi connectivity index (χ1) is 12.4. The van der Waals surface area contributed by atoms with Crippen LogP contribution in [0.1, 0.15) is 61.1 Å². The van der Waals surface area contributed by atoms with Crippen LogP contribution in [0.4, 0.5) is 0 Å². The van der Waals surface area contributed by atoms with E-state index in [0.29, 0.717) is 13.2 Å². The molecule has 0 spiro atoms. The van der Waals surface area contributed by atoms with Crippen LogP contribution in [-0.2, 0) is 40.9 Å². The van der Waals surface area contributed by atoms with Crippen molar-refractivity contribution < 1.29 is 14.6 Å². The molecule has 0 atom stereocenters. The van der Waals surface area contributed by atoms with Gasteiger partial charge in [-0.05, 0) is 47.2 Å². The summed E-state index contributed by atoms with van der Waals surface area (Å²) < 4.78 is 10.6. The predicted molar refractivity (Wildman–Crippen MR) is 107 cm³/mol. The predicted octanol–water partition coefficient (Wildman–Crippen LogP) is 5.14. The van der Waals surface area contributed by atoms with Gasteiger partial charge in [0.1, 0.15) is 5.75 Å². The molecule has 0 aliphatic carbocycles. The van der Waals surface area contributed by atoms with Gasteiger partial charge >= 0.3 is 0 Å². The molecule has 2 rings (SSSR count). The van der Waals surface area contributed by atoms with Gasteiger partial charge in [0.05, 0.1) is 13.2 Å². The SMILES string of the molecule is CCc1cc(CC)cc(C(C)(C)c2cc(COC)c(O)c(COC)c2)c1. The van der Waals surface area contributed by atoms with Gasteiger partial charge in [0.25, 0.3) is 0 Å². The number of aryl methyl sites for hydroxylation is 2. The number of rotatable bonds is 8. The topological polar surface area (TPSA) is 38.7 Å². The second kappa shape index (κ2) is 8.70. The van der Waals surface area contributed by atoms with Crippen LogP contribution in [-0.4, -0.2) is 19.3 Å². The summed E-state index contributed by atoms with van der Waals surface area (Å²) in [5.74, 6) is 0.268. The van der Waals surface area contributed by atoms with Crippen LogP contribution < -0.4 is 0 Å². The van der Waals surface area contributed by atoms with Gasteiger partial charge in [-0.1, -0.05) is 45.9 Å². The molecule has 0 unspecified atom stereocenters. The van der Waals surface area contributed by atoms with E-state index in [0.717, 1.165) is 29.5 Å². The van der Waals surface area contributed by atoms with E-state index in [1.165, 1.54) is 16.7 Å². The fraction of sp³-hybridized carbons (Fsp3) is 0.478. The Morgan fingerprint density at radius 3 is 1.58 bits per heavy atom. The minimum atomic E-state index is -0.187. The van der Waals surface area contributed by atoms with Crippen molar-refractivity contribution in [1.29, 1.82) is 0 Å². The van der Waals surface area contributed by atoms with Gasteiger partial charge in [-0.2, -0.15) is 0 Å². The lowest BCUT2D eigenvalue weighted by atomic mass is 9.75. The summed E-state index contributed by atoms with van der Waals surface area (Å²) in [7, 11) is 3.29. The Kier molecular flexibility index (Phi) is 6.85. The summed E-state index contributed by atoms with van der Waals surface area (Å²) in [6, 6.07) is 11.0. The van der Waals surface area contributed by atoms with E-state index in [1.807, 2.05) is 0 Å². The molecule has 1 N–H and O–H groups in total. The fourth-order valence-electron chi connectivity index (χ4n) is 3.35. The first-order valence-electron chi connectivity index (χ1n) is 9.33. The van der Waals surface area contributed by atoms with Crippen LogP contribution in [0.2, 0.25) is 0 Å². The zero-order valence-corrected chi connectivity index (χ0v) is 17.0. The maximum absolute atomic E-state index is 10.5. The Hall–Kier alpha value is -1.84. The Bertz CT molecular complexity index is 698. The smallest absolute Gasteiger partial charge is 0.126 e. The van der Waals surface area contributed by atoms with E-state index in [4.69, 9.17) is 9.47 Å². The first kappa shape index (κ1) is 20.5. The second-order valence-corrected chi connectivity index (χ2v) is 7.38. The number of ether oxygens (including phenoxy) is 2. The molecule has 2 aromatic rings. The highest BCUT2D eigenvalue weighted by atomic mass is 16.5. The molecule has 3 heteroatoms. The fourth-order valence-corrected chi connectivity index (χ4v) is 3.35. The average molecular weight is 357 g/mol. The van der Waals surface area contributed by atoms with E-state index in [-0.39, 0.29) is 11.2 Å². The van der Waals surface area contributed by atoms with Gasteiger partial charge < -0.3 is 14.6 Å². The Labute approximate surface area is 158 Å². The molecule has 2 aromatic carbocycles. The zero-order chi connectivity index (χ0) is 19.3. The molecule has 26 heavy (non-hydrogen) atoms.